The molecule has 4 amide bonds. The number of nitrogens with one attached hydrogen (secondary N) is 2. The number of nitrogens with zero attached hydrogens (tertiary/aromatic N) is 4. The number of carbonyl (C=O) groups is 4. The van der Waals surface area contributed by atoms with Crippen molar-refractivity contribution in [2.24, 2.45) is 5.92 Å². The van der Waals surface area contributed by atoms with Crippen molar-refractivity contribution in [3.8, 4) is 0 Å². The molecule has 4 N–H and O–H groups in total. The first-order valence-corrected chi connectivity index (χ1v) is 20.9. The summed E-state index contributed by atoms with van der Waals surface area (Å²) in [7, 11) is 8.45. The number of carbonyl (C=O) groups excluding carboxylic acids is 4. The number of anilines is 2. The molecule has 17 heteroatoms. The molecule has 7 fully saturated rings. The highest BCUT2D eigenvalue weighted by Gasteiger charge is 2.95. The van der Waals surface area contributed by atoms with E-state index in [0.717, 1.165) is 4.90 Å². The fourth-order valence-electron chi connectivity index (χ4n) is 10.7. The van der Waals surface area contributed by atoms with Crippen molar-refractivity contribution in [1.82, 2.24) is 19.6 Å². The molecule has 9 aliphatic heterocycles. The van der Waals surface area contributed by atoms with Crippen molar-refractivity contribution in [2.75, 3.05) is 31.3 Å². The molecule has 0 aliphatic carbocycles. The van der Waals surface area contributed by atoms with Crippen molar-refractivity contribution >= 4 is 76.2 Å². The van der Waals surface area contributed by atoms with Crippen LogP contribution >= 0.6 is 41.2 Å². The summed E-state index contributed by atoms with van der Waals surface area (Å²) in [4.78, 5) is 63.0. The number of likely N-dealkylation sites (N-methyl/N-ethyl adjacent to an activating group) is 2. The van der Waals surface area contributed by atoms with E-state index >= 15 is 9.59 Å². The molecule has 256 valence electrons. The van der Waals surface area contributed by atoms with Crippen LogP contribution in [0.2, 0.25) is 0 Å². The van der Waals surface area contributed by atoms with Gasteiger partial charge in [-0.15, -0.1) is 0 Å². The number of hydrogen-bond donors (Lipinski definition) is 4. The average Bonchev–Trinajstić information content (AvgIpc) is 3.71. The third kappa shape index (κ3) is 2.78. The van der Waals surface area contributed by atoms with Gasteiger partial charge in [0.05, 0.1) is 17.4 Å². The summed E-state index contributed by atoms with van der Waals surface area (Å²) < 4.78 is 7.21. The Labute approximate surface area is 296 Å². The maximum atomic E-state index is 15.5. The minimum absolute atomic E-state index is 0.270. The Bertz CT molecular complexity index is 1940. The standard InChI is InChI=1S/C32H32N6O7S4/c1-14(2)31-27(44)38-24-29(16-10-6-8-12-18(16)34-24)22(32(38,26(43)36(31)4)47-49-48-46-31)45-30-21(41)28(29)15-9-5-7-11-17(15)33-23(28)37(30)20(40)19(13-39)35(3)25(30)42/h5-12,14,19,21-24,33-34,39,41H,13H2,1-4H3/t19-,21-,22-,23-,24+,28-,29+,30-,31-,32-/m1/s1. The van der Waals surface area contributed by atoms with Crippen LogP contribution < -0.4 is 10.6 Å². The van der Waals surface area contributed by atoms with Gasteiger partial charge in [-0.3, -0.25) is 29.0 Å². The summed E-state index contributed by atoms with van der Waals surface area (Å²) in [5, 5.41) is 30.8. The molecule has 4 bridgehead atoms. The van der Waals surface area contributed by atoms with E-state index in [1.165, 1.54) is 53.2 Å². The number of hydrogen-bond acceptors (Lipinski definition) is 13. The second-order valence-electron chi connectivity index (χ2n) is 14.2. The Balaban J connectivity index is 1.37. The highest BCUT2D eigenvalue weighted by Crippen LogP contribution is 2.79. The molecule has 2 aromatic rings. The quantitative estimate of drug-likeness (QED) is 0.330. The Morgan fingerprint density at radius 3 is 2.06 bits per heavy atom. The number of fused-ring (bicyclic) bond motifs is 7. The second-order valence-corrected chi connectivity index (χ2v) is 20.3. The summed E-state index contributed by atoms with van der Waals surface area (Å²) in [5.74, 6) is -2.21. The van der Waals surface area contributed by atoms with Gasteiger partial charge in [0.15, 0.2) is 4.87 Å². The monoisotopic (exact) mass is 740 g/mol. The topological polar surface area (TPSA) is 155 Å². The third-order valence-electron chi connectivity index (χ3n) is 12.5. The molecule has 9 heterocycles. The first-order valence-electron chi connectivity index (χ1n) is 16.1. The molecule has 13 nitrogen and oxygen atoms in total. The molecule has 4 spiro atoms. The zero-order chi connectivity index (χ0) is 34.2. The summed E-state index contributed by atoms with van der Waals surface area (Å²) in [6.45, 7) is 3.23. The lowest BCUT2D eigenvalue weighted by Crippen LogP contribution is -2.81. The Morgan fingerprint density at radius 2 is 1.43 bits per heavy atom. The molecule has 10 atom stereocenters. The fraction of sp³-hybridized carbons (Fsp3) is 0.500. The largest absolute Gasteiger partial charge is 0.394 e. The van der Waals surface area contributed by atoms with Crippen molar-refractivity contribution in [3.05, 3.63) is 59.7 Å². The molecule has 0 aromatic heterocycles. The predicted octanol–water partition coefficient (Wildman–Crippen LogP) is 1.55. The van der Waals surface area contributed by atoms with Crippen LogP contribution in [0.4, 0.5) is 11.4 Å². The summed E-state index contributed by atoms with van der Waals surface area (Å²) in [6.07, 6.45) is -4.89. The normalized spacial score (nSPS) is 43.7. The number of aliphatic hydroxyl groups excluding tert-OH is 2. The summed E-state index contributed by atoms with van der Waals surface area (Å²) >= 11 is 0. The smallest absolute Gasteiger partial charge is 0.279 e. The van der Waals surface area contributed by atoms with Crippen molar-refractivity contribution in [3.63, 3.8) is 0 Å². The minimum atomic E-state index is -2.28. The van der Waals surface area contributed by atoms with Crippen molar-refractivity contribution in [2.45, 2.75) is 70.7 Å². The molecule has 0 unspecified atom stereocenters. The maximum absolute atomic E-state index is 15.5. The van der Waals surface area contributed by atoms with Gasteiger partial charge >= 0.3 is 0 Å². The zero-order valence-corrected chi connectivity index (χ0v) is 29.9. The van der Waals surface area contributed by atoms with Crippen LogP contribution in [0.3, 0.4) is 0 Å². The molecular weight excluding hydrogens is 709 g/mol. The number of amides is 4. The fourth-order valence-corrected chi connectivity index (χ4v) is 18.8. The second kappa shape index (κ2) is 9.35. The molecule has 0 saturated carbocycles. The van der Waals surface area contributed by atoms with E-state index in [0.29, 0.717) is 22.5 Å². The molecule has 0 radical (unpaired) electrons. The maximum Gasteiger partial charge on any atom is 0.279 e. The van der Waals surface area contributed by atoms with Crippen LogP contribution in [0.15, 0.2) is 48.5 Å². The van der Waals surface area contributed by atoms with E-state index in [-0.39, 0.29) is 17.7 Å². The van der Waals surface area contributed by atoms with E-state index < -0.39 is 75.3 Å². The van der Waals surface area contributed by atoms with Gasteiger partial charge in [-0.05, 0) is 70.4 Å². The van der Waals surface area contributed by atoms with Gasteiger partial charge in [-0.25, -0.2) is 0 Å². The molecule has 11 rings (SSSR count). The lowest BCUT2D eigenvalue weighted by atomic mass is 9.50. The third-order valence-corrected chi connectivity index (χ3v) is 20.1. The van der Waals surface area contributed by atoms with Crippen LogP contribution in [0.25, 0.3) is 0 Å². The van der Waals surface area contributed by atoms with Gasteiger partial charge in [0.1, 0.15) is 30.6 Å². The highest BCUT2D eigenvalue weighted by atomic mass is 33.7. The Kier molecular flexibility index (Phi) is 5.91. The lowest BCUT2D eigenvalue weighted by molar-refractivity contribution is -0.263. The number of ether oxygens (including phenoxy) is 1. The number of aliphatic hydroxyl groups is 2. The van der Waals surface area contributed by atoms with Crippen LogP contribution in [0.5, 0.6) is 0 Å². The minimum Gasteiger partial charge on any atom is -0.394 e. The van der Waals surface area contributed by atoms with Crippen LogP contribution in [-0.2, 0) is 34.7 Å². The molecule has 7 saturated heterocycles. The Hall–Kier alpha value is -2.80. The number of rotatable bonds is 2. The van der Waals surface area contributed by atoms with Crippen LogP contribution in [0.1, 0.15) is 25.0 Å². The van der Waals surface area contributed by atoms with Crippen molar-refractivity contribution in [1.29, 1.82) is 0 Å². The average molecular weight is 741 g/mol. The SMILES string of the molecule is CC(C)[C@]12SSSS[C@@]3(C(=O)N1C)[C@@H]1O[C@]45C(=O)N(C)[C@H](CO)C(=O)N4[C@H]4Nc6ccccc6[C@]4([C@H]5O)[C@@]14c1ccccc1N[C@H]4N3C2=O. The zero-order valence-electron chi connectivity index (χ0n) is 26.6. The predicted molar refractivity (Wildman–Crippen MR) is 185 cm³/mol. The van der Waals surface area contributed by atoms with Gasteiger partial charge in [0, 0.05) is 25.5 Å². The molecule has 2 aromatic carbocycles. The van der Waals surface area contributed by atoms with Gasteiger partial charge in [0.25, 0.3) is 29.4 Å². The van der Waals surface area contributed by atoms with Gasteiger partial charge in [-0.1, -0.05) is 50.2 Å². The van der Waals surface area contributed by atoms with Gasteiger partial charge in [-0.2, -0.15) is 0 Å². The van der Waals surface area contributed by atoms with E-state index in [1.807, 2.05) is 62.4 Å². The van der Waals surface area contributed by atoms with Gasteiger partial charge in [0.2, 0.25) is 4.87 Å². The first kappa shape index (κ1) is 31.0. The molecule has 49 heavy (non-hydrogen) atoms. The van der Waals surface area contributed by atoms with E-state index in [9.17, 15) is 19.8 Å². The summed E-state index contributed by atoms with van der Waals surface area (Å²) in [6, 6.07) is 13.8. The lowest BCUT2D eigenvalue weighted by Gasteiger charge is -2.59. The van der Waals surface area contributed by atoms with Crippen LogP contribution in [0, 0.1) is 5.92 Å². The first-order chi connectivity index (χ1) is 23.5. The highest BCUT2D eigenvalue weighted by molar-refractivity contribution is 9.26. The number of para-hydroxylation sites is 2. The van der Waals surface area contributed by atoms with E-state index in [1.54, 1.807) is 16.8 Å². The molecular formula is C32H32N6O7S4. The van der Waals surface area contributed by atoms with E-state index in [2.05, 4.69) is 10.6 Å². The van der Waals surface area contributed by atoms with Crippen LogP contribution in [-0.4, -0.2) is 120 Å². The number of benzene rings is 2. The van der Waals surface area contributed by atoms with E-state index in [4.69, 9.17) is 4.74 Å². The number of piperazine rings is 2. The van der Waals surface area contributed by atoms with Crippen molar-refractivity contribution < 1.29 is 34.1 Å². The summed E-state index contributed by atoms with van der Waals surface area (Å²) in [5.41, 5.74) is -2.51. The molecule has 9 aliphatic rings. The van der Waals surface area contributed by atoms with Gasteiger partial charge < -0.3 is 35.4 Å². The Morgan fingerprint density at radius 1 is 0.837 bits per heavy atom.